The van der Waals surface area contributed by atoms with Gasteiger partial charge < -0.3 is 10.6 Å². The highest BCUT2D eigenvalue weighted by Crippen LogP contribution is 2.33. The van der Waals surface area contributed by atoms with E-state index in [9.17, 15) is 14.9 Å². The van der Waals surface area contributed by atoms with E-state index in [1.165, 1.54) is 19.1 Å². The number of halogens is 2. The summed E-state index contributed by atoms with van der Waals surface area (Å²) in [7, 11) is 0. The molecule has 1 aromatic rings. The van der Waals surface area contributed by atoms with Gasteiger partial charge in [0, 0.05) is 26.1 Å². The van der Waals surface area contributed by atoms with Crippen molar-refractivity contribution in [2.75, 3.05) is 18.4 Å². The summed E-state index contributed by atoms with van der Waals surface area (Å²) in [6, 6.07) is 2.57. The van der Waals surface area contributed by atoms with Gasteiger partial charge in [-0.2, -0.15) is 0 Å². The Morgan fingerprint density at radius 3 is 2.50 bits per heavy atom. The largest absolute Gasteiger partial charge is 0.378 e. The average molecular weight is 292 g/mol. The fourth-order valence-electron chi connectivity index (χ4n) is 1.26. The van der Waals surface area contributed by atoms with Gasteiger partial charge in [0.2, 0.25) is 5.91 Å². The quantitative estimate of drug-likeness (QED) is 0.496. The molecule has 0 atom stereocenters. The number of amides is 1. The number of carbonyl (C=O) groups is 1. The van der Waals surface area contributed by atoms with Gasteiger partial charge in [-0.15, -0.1) is 0 Å². The van der Waals surface area contributed by atoms with Crippen LogP contribution in [0.25, 0.3) is 0 Å². The van der Waals surface area contributed by atoms with Crippen LogP contribution in [0.4, 0.5) is 11.4 Å². The molecule has 0 bridgehead atoms. The second-order valence-electron chi connectivity index (χ2n) is 3.45. The monoisotopic (exact) mass is 291 g/mol. The van der Waals surface area contributed by atoms with Crippen LogP contribution in [0.3, 0.4) is 0 Å². The van der Waals surface area contributed by atoms with E-state index >= 15 is 0 Å². The summed E-state index contributed by atoms with van der Waals surface area (Å²) in [6.45, 7) is 2.09. The molecule has 1 amide bonds. The van der Waals surface area contributed by atoms with Crippen molar-refractivity contribution >= 4 is 40.5 Å². The molecule has 0 spiro atoms. The Hall–Kier alpha value is -1.53. The SMILES string of the molecule is CC(=O)NCCNc1cc(Cl)c(Cl)cc1[N+](=O)[O-]. The Kier molecular flexibility index (Phi) is 5.18. The molecule has 1 aromatic carbocycles. The lowest BCUT2D eigenvalue weighted by atomic mass is 10.2. The lowest BCUT2D eigenvalue weighted by molar-refractivity contribution is -0.383. The summed E-state index contributed by atoms with van der Waals surface area (Å²) >= 11 is 11.5. The molecule has 0 aliphatic rings. The van der Waals surface area contributed by atoms with Gasteiger partial charge in [-0.05, 0) is 6.07 Å². The van der Waals surface area contributed by atoms with Gasteiger partial charge in [0.05, 0.1) is 15.0 Å². The third kappa shape index (κ3) is 4.05. The molecule has 0 unspecified atom stereocenters. The highest BCUT2D eigenvalue weighted by atomic mass is 35.5. The fraction of sp³-hybridized carbons (Fsp3) is 0.300. The van der Waals surface area contributed by atoms with Crippen LogP contribution in [0.15, 0.2) is 12.1 Å². The first-order valence-electron chi connectivity index (χ1n) is 5.03. The second-order valence-corrected chi connectivity index (χ2v) is 4.26. The number of nitro benzene ring substituents is 1. The van der Waals surface area contributed by atoms with E-state index in [4.69, 9.17) is 23.2 Å². The van der Waals surface area contributed by atoms with Crippen LogP contribution < -0.4 is 10.6 Å². The Morgan fingerprint density at radius 2 is 1.94 bits per heavy atom. The number of nitrogens with zero attached hydrogens (tertiary/aromatic N) is 1. The summed E-state index contributed by atoms with van der Waals surface area (Å²) in [6.07, 6.45) is 0. The maximum Gasteiger partial charge on any atom is 0.293 e. The van der Waals surface area contributed by atoms with E-state index in [-0.39, 0.29) is 27.3 Å². The molecule has 18 heavy (non-hydrogen) atoms. The van der Waals surface area contributed by atoms with E-state index in [0.29, 0.717) is 13.1 Å². The van der Waals surface area contributed by atoms with Crippen molar-refractivity contribution in [3.63, 3.8) is 0 Å². The molecule has 1 rings (SSSR count). The van der Waals surface area contributed by atoms with Crippen LogP contribution in [0.1, 0.15) is 6.92 Å². The second kappa shape index (κ2) is 6.42. The fourth-order valence-corrected chi connectivity index (χ4v) is 1.59. The number of hydrogen-bond acceptors (Lipinski definition) is 4. The summed E-state index contributed by atoms with van der Waals surface area (Å²) < 4.78 is 0. The van der Waals surface area contributed by atoms with Crippen LogP contribution in [-0.4, -0.2) is 23.9 Å². The van der Waals surface area contributed by atoms with Crippen molar-refractivity contribution in [1.29, 1.82) is 0 Å². The smallest absolute Gasteiger partial charge is 0.293 e. The van der Waals surface area contributed by atoms with Crippen molar-refractivity contribution in [3.05, 3.63) is 32.3 Å². The van der Waals surface area contributed by atoms with E-state index in [2.05, 4.69) is 10.6 Å². The number of nitrogens with one attached hydrogen (secondary N) is 2. The van der Waals surface area contributed by atoms with Gasteiger partial charge in [0.15, 0.2) is 0 Å². The Bertz CT molecular complexity index is 480. The predicted molar refractivity (Wildman–Crippen MR) is 70.3 cm³/mol. The molecule has 0 radical (unpaired) electrons. The van der Waals surface area contributed by atoms with Gasteiger partial charge in [-0.25, -0.2) is 0 Å². The van der Waals surface area contributed by atoms with Crippen LogP contribution in [0.5, 0.6) is 0 Å². The summed E-state index contributed by atoms with van der Waals surface area (Å²) in [5.74, 6) is -0.166. The molecular formula is C10H11Cl2N3O3. The van der Waals surface area contributed by atoms with E-state index in [1.54, 1.807) is 0 Å². The topological polar surface area (TPSA) is 84.3 Å². The summed E-state index contributed by atoms with van der Waals surface area (Å²) in [5.41, 5.74) is 0.104. The van der Waals surface area contributed by atoms with Crippen molar-refractivity contribution in [1.82, 2.24) is 5.32 Å². The molecule has 0 fully saturated rings. The summed E-state index contributed by atoms with van der Waals surface area (Å²) in [4.78, 5) is 20.9. The zero-order chi connectivity index (χ0) is 13.7. The van der Waals surface area contributed by atoms with Gasteiger partial charge >= 0.3 is 0 Å². The van der Waals surface area contributed by atoms with Crippen LogP contribution in [0, 0.1) is 10.1 Å². The number of nitro groups is 1. The zero-order valence-electron chi connectivity index (χ0n) is 9.50. The molecule has 8 heteroatoms. The molecule has 2 N–H and O–H groups in total. The average Bonchev–Trinajstić information content (AvgIpc) is 2.28. The lowest BCUT2D eigenvalue weighted by Gasteiger charge is -2.08. The maximum absolute atomic E-state index is 10.8. The predicted octanol–water partition coefficient (Wildman–Crippen LogP) is 2.45. The minimum atomic E-state index is -0.553. The molecule has 0 aromatic heterocycles. The highest BCUT2D eigenvalue weighted by Gasteiger charge is 2.16. The third-order valence-electron chi connectivity index (χ3n) is 2.05. The van der Waals surface area contributed by atoms with Crippen molar-refractivity contribution in [3.8, 4) is 0 Å². The molecule has 0 saturated carbocycles. The number of benzene rings is 1. The Balaban J connectivity index is 2.77. The standard InChI is InChI=1S/C10H11Cl2N3O3/c1-6(16)13-2-3-14-9-4-7(11)8(12)5-10(9)15(17)18/h4-5,14H,2-3H2,1H3,(H,13,16). The van der Waals surface area contributed by atoms with E-state index < -0.39 is 4.92 Å². The molecule has 98 valence electrons. The molecule has 6 nitrogen and oxygen atoms in total. The molecule has 0 aliphatic heterocycles. The third-order valence-corrected chi connectivity index (χ3v) is 2.77. The Morgan fingerprint density at radius 1 is 1.33 bits per heavy atom. The van der Waals surface area contributed by atoms with Crippen LogP contribution in [-0.2, 0) is 4.79 Å². The van der Waals surface area contributed by atoms with Crippen molar-refractivity contribution in [2.24, 2.45) is 0 Å². The number of anilines is 1. The first-order chi connectivity index (χ1) is 8.41. The molecular weight excluding hydrogens is 281 g/mol. The van der Waals surface area contributed by atoms with Crippen molar-refractivity contribution in [2.45, 2.75) is 6.92 Å². The van der Waals surface area contributed by atoms with Gasteiger partial charge in [0.1, 0.15) is 5.69 Å². The van der Waals surface area contributed by atoms with Crippen molar-refractivity contribution < 1.29 is 9.72 Å². The zero-order valence-corrected chi connectivity index (χ0v) is 11.0. The lowest BCUT2D eigenvalue weighted by Crippen LogP contribution is -2.26. The minimum absolute atomic E-state index is 0.121. The summed E-state index contributed by atoms with van der Waals surface area (Å²) in [5, 5.41) is 16.5. The molecule has 0 heterocycles. The highest BCUT2D eigenvalue weighted by molar-refractivity contribution is 6.42. The van der Waals surface area contributed by atoms with E-state index in [1.807, 2.05) is 0 Å². The number of hydrogen-bond donors (Lipinski definition) is 2. The molecule has 0 saturated heterocycles. The van der Waals surface area contributed by atoms with Gasteiger partial charge in [0.25, 0.3) is 5.69 Å². The Labute approximate surface area is 113 Å². The minimum Gasteiger partial charge on any atom is -0.378 e. The first-order valence-corrected chi connectivity index (χ1v) is 5.79. The normalized spacial score (nSPS) is 9.94. The van der Waals surface area contributed by atoms with Crippen LogP contribution >= 0.6 is 23.2 Å². The first kappa shape index (κ1) is 14.5. The maximum atomic E-state index is 10.8. The van der Waals surface area contributed by atoms with E-state index in [0.717, 1.165) is 0 Å². The van der Waals surface area contributed by atoms with Gasteiger partial charge in [-0.1, -0.05) is 23.2 Å². The molecule has 0 aliphatic carbocycles. The van der Waals surface area contributed by atoms with Gasteiger partial charge in [-0.3, -0.25) is 14.9 Å². The number of rotatable bonds is 5. The number of carbonyl (C=O) groups excluding carboxylic acids is 1. The van der Waals surface area contributed by atoms with Crippen LogP contribution in [0.2, 0.25) is 10.0 Å².